The van der Waals surface area contributed by atoms with Crippen molar-refractivity contribution in [3.05, 3.63) is 69.4 Å². The summed E-state index contributed by atoms with van der Waals surface area (Å²) >= 11 is 3.25. The highest BCUT2D eigenvalue weighted by Crippen LogP contribution is 2.28. The van der Waals surface area contributed by atoms with Crippen molar-refractivity contribution in [3.8, 4) is 0 Å². The molecule has 0 aromatic heterocycles. The average molecular weight is 316 g/mol. The lowest BCUT2D eigenvalue weighted by Gasteiger charge is -2.14. The minimum absolute atomic E-state index is 0.375. The molecule has 5 heteroatoms. The minimum Gasteiger partial charge on any atom is -0.320 e. The minimum atomic E-state index is -0.976. The summed E-state index contributed by atoms with van der Waals surface area (Å²) in [7, 11) is 0. The molecule has 0 radical (unpaired) electrons. The summed E-state index contributed by atoms with van der Waals surface area (Å²) in [4.78, 5) is 0. The van der Waals surface area contributed by atoms with Gasteiger partial charge < -0.3 is 5.73 Å². The summed E-state index contributed by atoms with van der Waals surface area (Å²) in [6, 6.07) is 6.71. The fraction of sp³-hybridized carbons (Fsp3) is 0.0769. The first-order chi connectivity index (χ1) is 8.49. The Morgan fingerprint density at radius 2 is 1.67 bits per heavy atom. The molecule has 1 unspecified atom stereocenters. The summed E-state index contributed by atoms with van der Waals surface area (Å²) in [6.45, 7) is 0. The smallest absolute Gasteiger partial charge is 0.159 e. The molecule has 0 saturated carbocycles. The Balaban J connectivity index is 2.44. The Morgan fingerprint density at radius 3 is 2.33 bits per heavy atom. The Bertz CT molecular complexity index is 586. The molecule has 2 aromatic carbocycles. The van der Waals surface area contributed by atoms with E-state index in [1.165, 1.54) is 24.3 Å². The van der Waals surface area contributed by atoms with Gasteiger partial charge in [0, 0.05) is 4.47 Å². The van der Waals surface area contributed by atoms with Crippen LogP contribution in [0.3, 0.4) is 0 Å². The monoisotopic (exact) mass is 315 g/mol. The van der Waals surface area contributed by atoms with Crippen LogP contribution in [-0.2, 0) is 0 Å². The van der Waals surface area contributed by atoms with Gasteiger partial charge in [-0.05, 0) is 41.5 Å². The van der Waals surface area contributed by atoms with Crippen molar-refractivity contribution in [1.82, 2.24) is 0 Å². The van der Waals surface area contributed by atoms with Gasteiger partial charge in [-0.3, -0.25) is 0 Å². The van der Waals surface area contributed by atoms with E-state index in [0.29, 0.717) is 15.6 Å². The fourth-order valence-electron chi connectivity index (χ4n) is 1.64. The SMILES string of the molecule is NC(c1ccc(F)c(F)c1)c1cc(F)ccc1Br. The van der Waals surface area contributed by atoms with Crippen LogP contribution in [0.15, 0.2) is 40.9 Å². The van der Waals surface area contributed by atoms with E-state index in [1.54, 1.807) is 0 Å². The zero-order chi connectivity index (χ0) is 13.3. The van der Waals surface area contributed by atoms with Crippen molar-refractivity contribution in [3.63, 3.8) is 0 Å². The quantitative estimate of drug-likeness (QED) is 0.893. The van der Waals surface area contributed by atoms with Gasteiger partial charge in [0.15, 0.2) is 11.6 Å². The van der Waals surface area contributed by atoms with Crippen molar-refractivity contribution in [2.75, 3.05) is 0 Å². The molecule has 0 aliphatic rings. The third-order valence-electron chi connectivity index (χ3n) is 2.60. The van der Waals surface area contributed by atoms with Gasteiger partial charge in [-0.1, -0.05) is 22.0 Å². The third kappa shape index (κ3) is 2.57. The number of benzene rings is 2. The molecule has 0 heterocycles. The van der Waals surface area contributed by atoms with Gasteiger partial charge in [-0.15, -0.1) is 0 Å². The third-order valence-corrected chi connectivity index (χ3v) is 3.32. The summed E-state index contributed by atoms with van der Waals surface area (Å²) in [5.41, 5.74) is 6.77. The van der Waals surface area contributed by atoms with E-state index in [0.717, 1.165) is 12.1 Å². The predicted octanol–water partition coefficient (Wildman–Crippen LogP) is 3.91. The van der Waals surface area contributed by atoms with E-state index >= 15 is 0 Å². The molecule has 2 aromatic rings. The van der Waals surface area contributed by atoms with E-state index in [4.69, 9.17) is 5.73 Å². The molecule has 0 bridgehead atoms. The molecule has 1 atom stereocenters. The normalized spacial score (nSPS) is 12.5. The molecule has 1 nitrogen and oxygen atoms in total. The Hall–Kier alpha value is -1.33. The van der Waals surface area contributed by atoms with Crippen LogP contribution in [0.4, 0.5) is 13.2 Å². The lowest BCUT2D eigenvalue weighted by atomic mass is 9.99. The first-order valence-electron chi connectivity index (χ1n) is 5.14. The van der Waals surface area contributed by atoms with Gasteiger partial charge in [0.05, 0.1) is 6.04 Å². The second kappa shape index (κ2) is 5.12. The maximum Gasteiger partial charge on any atom is 0.159 e. The summed E-state index contributed by atoms with van der Waals surface area (Å²) < 4.78 is 39.7. The van der Waals surface area contributed by atoms with E-state index in [2.05, 4.69) is 15.9 Å². The molecule has 94 valence electrons. The van der Waals surface area contributed by atoms with Crippen LogP contribution in [0.1, 0.15) is 17.2 Å². The largest absolute Gasteiger partial charge is 0.320 e. The van der Waals surface area contributed by atoms with Crippen LogP contribution < -0.4 is 5.73 Å². The number of halogens is 4. The van der Waals surface area contributed by atoms with Gasteiger partial charge in [0.1, 0.15) is 5.82 Å². The fourth-order valence-corrected chi connectivity index (χ4v) is 2.13. The lowest BCUT2D eigenvalue weighted by molar-refractivity contribution is 0.506. The number of hydrogen-bond acceptors (Lipinski definition) is 1. The van der Waals surface area contributed by atoms with E-state index in [1.807, 2.05) is 0 Å². The second-order valence-corrected chi connectivity index (χ2v) is 4.67. The van der Waals surface area contributed by atoms with Crippen molar-refractivity contribution in [2.45, 2.75) is 6.04 Å². The van der Waals surface area contributed by atoms with Crippen molar-refractivity contribution in [1.29, 1.82) is 0 Å². The van der Waals surface area contributed by atoms with E-state index < -0.39 is 23.5 Å². The maximum atomic E-state index is 13.2. The number of hydrogen-bond donors (Lipinski definition) is 1. The average Bonchev–Trinajstić information content (AvgIpc) is 2.35. The molecule has 0 aliphatic carbocycles. The molecule has 0 fully saturated rings. The highest BCUT2D eigenvalue weighted by Gasteiger charge is 2.15. The molecule has 2 rings (SSSR count). The van der Waals surface area contributed by atoms with Crippen molar-refractivity contribution >= 4 is 15.9 Å². The maximum absolute atomic E-state index is 13.2. The van der Waals surface area contributed by atoms with Gasteiger partial charge in [0.25, 0.3) is 0 Å². The zero-order valence-corrected chi connectivity index (χ0v) is 10.7. The molecule has 0 amide bonds. The summed E-state index contributed by atoms with van der Waals surface area (Å²) in [5.74, 6) is -2.36. The first kappa shape index (κ1) is 13.1. The van der Waals surface area contributed by atoms with Crippen LogP contribution in [-0.4, -0.2) is 0 Å². The van der Waals surface area contributed by atoms with Crippen LogP contribution >= 0.6 is 15.9 Å². The highest BCUT2D eigenvalue weighted by atomic mass is 79.9. The van der Waals surface area contributed by atoms with E-state index in [-0.39, 0.29) is 0 Å². The summed E-state index contributed by atoms with van der Waals surface area (Å²) in [5, 5.41) is 0. The molecular formula is C13H9BrF3N. The Labute approximate surface area is 111 Å². The number of rotatable bonds is 2. The van der Waals surface area contributed by atoms with Gasteiger partial charge in [-0.25, -0.2) is 13.2 Å². The molecule has 0 saturated heterocycles. The second-order valence-electron chi connectivity index (χ2n) is 3.82. The van der Waals surface area contributed by atoms with Gasteiger partial charge >= 0.3 is 0 Å². The zero-order valence-electron chi connectivity index (χ0n) is 9.13. The Morgan fingerprint density at radius 1 is 0.944 bits per heavy atom. The van der Waals surface area contributed by atoms with Crippen LogP contribution in [0.2, 0.25) is 0 Å². The topological polar surface area (TPSA) is 26.0 Å². The van der Waals surface area contributed by atoms with Crippen molar-refractivity contribution in [2.24, 2.45) is 5.73 Å². The molecular weight excluding hydrogens is 307 g/mol. The molecule has 0 spiro atoms. The molecule has 2 N–H and O–H groups in total. The standard InChI is InChI=1S/C13H9BrF3N/c14-10-3-2-8(15)6-9(10)13(18)7-1-4-11(16)12(17)5-7/h1-6,13H,18H2. The van der Waals surface area contributed by atoms with Crippen LogP contribution in [0.5, 0.6) is 0 Å². The van der Waals surface area contributed by atoms with Crippen LogP contribution in [0, 0.1) is 17.5 Å². The lowest BCUT2D eigenvalue weighted by Crippen LogP contribution is -2.13. The first-order valence-corrected chi connectivity index (χ1v) is 5.94. The van der Waals surface area contributed by atoms with Crippen molar-refractivity contribution < 1.29 is 13.2 Å². The van der Waals surface area contributed by atoms with Gasteiger partial charge in [-0.2, -0.15) is 0 Å². The highest BCUT2D eigenvalue weighted by molar-refractivity contribution is 9.10. The van der Waals surface area contributed by atoms with Gasteiger partial charge in [0.2, 0.25) is 0 Å². The molecule has 0 aliphatic heterocycles. The van der Waals surface area contributed by atoms with Crippen LogP contribution in [0.25, 0.3) is 0 Å². The Kier molecular flexibility index (Phi) is 3.73. The number of nitrogens with two attached hydrogens (primary N) is 1. The molecule has 18 heavy (non-hydrogen) atoms. The summed E-state index contributed by atoms with van der Waals surface area (Å²) in [6.07, 6.45) is 0. The predicted molar refractivity (Wildman–Crippen MR) is 66.5 cm³/mol. The van der Waals surface area contributed by atoms with E-state index in [9.17, 15) is 13.2 Å².